The zero-order valence-corrected chi connectivity index (χ0v) is 30.8. The van der Waals surface area contributed by atoms with E-state index < -0.39 is 33.8 Å². The van der Waals surface area contributed by atoms with E-state index in [0.717, 1.165) is 30.6 Å². The lowest BCUT2D eigenvalue weighted by molar-refractivity contribution is 0.0635. The Balaban J connectivity index is 1.53. The van der Waals surface area contributed by atoms with E-state index in [1.54, 1.807) is 20.8 Å². The largest absolute Gasteiger partial charge is 0.444 e. The van der Waals surface area contributed by atoms with Crippen molar-refractivity contribution in [3.8, 4) is 11.5 Å². The van der Waals surface area contributed by atoms with Gasteiger partial charge in [0.2, 0.25) is 5.95 Å². The fraction of sp³-hybridized carbons (Fsp3) is 0.688. The van der Waals surface area contributed by atoms with Gasteiger partial charge in [-0.15, -0.1) is 0 Å². The van der Waals surface area contributed by atoms with E-state index in [-0.39, 0.29) is 12.4 Å². The van der Waals surface area contributed by atoms with Crippen LogP contribution in [-0.4, -0.2) is 65.4 Å². The molecule has 0 radical (unpaired) electrons. The van der Waals surface area contributed by atoms with Crippen molar-refractivity contribution in [1.82, 2.24) is 24.3 Å². The molecule has 2 aliphatic carbocycles. The number of fused-ring (bicyclic) bond motifs is 3. The molecule has 0 aliphatic heterocycles. The Bertz CT molecular complexity index is 1570. The molecule has 3 aromatic rings. The lowest BCUT2D eigenvalue weighted by Gasteiger charge is -2.20. The second-order valence-electron chi connectivity index (χ2n) is 16.6. The number of rotatable bonds is 12. The summed E-state index contributed by atoms with van der Waals surface area (Å²) in [6, 6.07) is 3.59. The second-order valence-corrected chi connectivity index (χ2v) is 27.8. The van der Waals surface area contributed by atoms with Crippen molar-refractivity contribution in [2.75, 3.05) is 18.5 Å². The van der Waals surface area contributed by atoms with E-state index in [1.165, 1.54) is 23.7 Å². The van der Waals surface area contributed by atoms with E-state index in [0.29, 0.717) is 48.3 Å². The molecule has 1 saturated carbocycles. The summed E-state index contributed by atoms with van der Waals surface area (Å²) in [6.45, 7) is 23.4. The van der Waals surface area contributed by atoms with Crippen molar-refractivity contribution in [3.05, 3.63) is 23.3 Å². The maximum Gasteiger partial charge on any atom is 0.412 e. The molecule has 13 heteroatoms. The first-order valence-corrected chi connectivity index (χ1v) is 23.5. The van der Waals surface area contributed by atoms with Gasteiger partial charge in [-0.05, 0) is 69.5 Å². The number of halogens is 1. The Morgan fingerprint density at radius 2 is 1.71 bits per heavy atom. The highest BCUT2D eigenvalue weighted by atomic mass is 28.3. The monoisotopic (exact) mass is 658 g/mol. The number of carbonyl (C=O) groups is 1. The third-order valence-electron chi connectivity index (χ3n) is 8.67. The summed E-state index contributed by atoms with van der Waals surface area (Å²) in [6.07, 6.45) is 2.30. The van der Waals surface area contributed by atoms with Crippen molar-refractivity contribution in [3.63, 3.8) is 0 Å². The summed E-state index contributed by atoms with van der Waals surface area (Å²) in [7, 11) is -2.54. The van der Waals surface area contributed by atoms with Crippen LogP contribution in [0.25, 0.3) is 22.7 Å². The fourth-order valence-electron chi connectivity index (χ4n) is 5.80. The van der Waals surface area contributed by atoms with Crippen LogP contribution in [-0.2, 0) is 40.5 Å². The van der Waals surface area contributed by atoms with E-state index in [1.807, 2.05) is 9.25 Å². The van der Waals surface area contributed by atoms with Gasteiger partial charge in [0.25, 0.3) is 0 Å². The summed E-state index contributed by atoms with van der Waals surface area (Å²) < 4.78 is 36.9. The molecule has 3 heterocycles. The molecule has 1 N–H and O–H groups in total. The number of ether oxygens (including phenoxy) is 3. The molecule has 2 aliphatic rings. The molecule has 1 fully saturated rings. The standard InChI is InChI=1S/C32H51FN6O4Si2/c1-31(2,3)43-30(40)35-23-16-24-28(36-27(23)33)38(19-41-11-13-44(5,6)7)29(34-24)26-22-15-21-17-32(21,4)18-25(22)39(37-26)20-42-12-14-45(8,9)10/h16,21H,11-15,17-20H2,1-10H3,(H,35,40)/t21-,32-/m1/s1. The van der Waals surface area contributed by atoms with Crippen LogP contribution in [0.1, 0.15) is 45.4 Å². The van der Waals surface area contributed by atoms with Gasteiger partial charge in [0.1, 0.15) is 36.0 Å². The van der Waals surface area contributed by atoms with Crippen LogP contribution >= 0.6 is 0 Å². The van der Waals surface area contributed by atoms with Crippen LogP contribution in [0.3, 0.4) is 0 Å². The summed E-state index contributed by atoms with van der Waals surface area (Å²) in [5.41, 5.74) is 3.39. The molecule has 3 aromatic heterocycles. The summed E-state index contributed by atoms with van der Waals surface area (Å²) >= 11 is 0. The molecule has 10 nitrogen and oxygen atoms in total. The molecule has 45 heavy (non-hydrogen) atoms. The maximum atomic E-state index is 15.4. The van der Waals surface area contributed by atoms with Crippen molar-refractivity contribution >= 4 is 39.1 Å². The second kappa shape index (κ2) is 12.2. The molecular formula is C32H51FN6O4Si2. The number of hydrogen-bond acceptors (Lipinski definition) is 7. The number of imidazole rings is 1. The van der Waals surface area contributed by atoms with Gasteiger partial charge in [-0.3, -0.25) is 9.88 Å². The van der Waals surface area contributed by atoms with Crippen LogP contribution in [0, 0.1) is 17.3 Å². The highest BCUT2D eigenvalue weighted by Gasteiger charge is 2.54. The van der Waals surface area contributed by atoms with Crippen LogP contribution in [0.15, 0.2) is 6.07 Å². The van der Waals surface area contributed by atoms with Crippen molar-refractivity contribution in [1.29, 1.82) is 0 Å². The summed E-state index contributed by atoms with van der Waals surface area (Å²) in [4.78, 5) is 21.7. The molecule has 0 unspecified atom stereocenters. The average molecular weight is 659 g/mol. The predicted molar refractivity (Wildman–Crippen MR) is 180 cm³/mol. The van der Waals surface area contributed by atoms with Gasteiger partial charge in [0.15, 0.2) is 11.5 Å². The molecular weight excluding hydrogens is 608 g/mol. The zero-order chi connectivity index (χ0) is 32.9. The number of pyridine rings is 1. The van der Waals surface area contributed by atoms with Gasteiger partial charge in [-0.2, -0.15) is 14.5 Å². The third kappa shape index (κ3) is 8.22. The highest BCUT2D eigenvalue weighted by Crippen LogP contribution is 2.60. The molecule has 0 aromatic carbocycles. The smallest absolute Gasteiger partial charge is 0.412 e. The minimum absolute atomic E-state index is 0.0929. The van der Waals surface area contributed by atoms with Crippen molar-refractivity contribution < 1.29 is 23.4 Å². The lowest BCUT2D eigenvalue weighted by Crippen LogP contribution is -2.27. The average Bonchev–Trinajstić information content (AvgIpc) is 3.26. The molecule has 0 saturated heterocycles. The predicted octanol–water partition coefficient (Wildman–Crippen LogP) is 7.53. The van der Waals surface area contributed by atoms with Crippen molar-refractivity contribution in [2.45, 2.75) is 117 Å². The van der Waals surface area contributed by atoms with Crippen LogP contribution in [0.5, 0.6) is 0 Å². The van der Waals surface area contributed by atoms with Crippen molar-refractivity contribution in [2.24, 2.45) is 11.3 Å². The number of aromatic nitrogens is 5. The molecule has 0 bridgehead atoms. The Kier molecular flexibility index (Phi) is 9.15. The number of amides is 1. The van der Waals surface area contributed by atoms with Crippen LogP contribution in [0.4, 0.5) is 14.9 Å². The highest BCUT2D eigenvalue weighted by molar-refractivity contribution is 6.76. The molecule has 5 rings (SSSR count). The minimum atomic E-state index is -1.32. The zero-order valence-electron chi connectivity index (χ0n) is 28.8. The Morgan fingerprint density at radius 3 is 2.33 bits per heavy atom. The first-order chi connectivity index (χ1) is 20.8. The van der Waals surface area contributed by atoms with Gasteiger partial charge in [-0.25, -0.2) is 14.5 Å². The molecule has 1 amide bonds. The number of hydrogen-bond donors (Lipinski definition) is 1. The van der Waals surface area contributed by atoms with E-state index >= 15 is 4.39 Å². The first-order valence-electron chi connectivity index (χ1n) is 16.1. The Morgan fingerprint density at radius 1 is 1.07 bits per heavy atom. The molecule has 248 valence electrons. The Labute approximate surface area is 268 Å². The number of nitrogens with one attached hydrogen (secondary N) is 1. The van der Waals surface area contributed by atoms with Gasteiger partial charge in [-0.1, -0.05) is 46.2 Å². The number of nitrogens with zero attached hydrogens (tertiary/aromatic N) is 5. The fourth-order valence-corrected chi connectivity index (χ4v) is 7.31. The summed E-state index contributed by atoms with van der Waals surface area (Å²) in [5, 5.41) is 7.60. The normalized spacial score (nSPS) is 19.8. The SMILES string of the molecule is CC(C)(C)OC(=O)Nc1cc2nc(-c3nn(COCC[Si](C)(C)C)c4c3C[C@@H]3C[C@]3(C)C4)n(COCC[Si](C)(C)C)c2nc1F. The van der Waals surface area contributed by atoms with Crippen LogP contribution in [0.2, 0.25) is 51.4 Å². The summed E-state index contributed by atoms with van der Waals surface area (Å²) in [5.74, 6) is 0.376. The minimum Gasteiger partial charge on any atom is -0.444 e. The van der Waals surface area contributed by atoms with E-state index in [2.05, 4.69) is 56.5 Å². The molecule has 2 atom stereocenters. The Hall–Kier alpha value is -2.62. The number of carbonyl (C=O) groups excluding carboxylic acids is 1. The van der Waals surface area contributed by atoms with Gasteiger partial charge < -0.3 is 14.2 Å². The topological polar surface area (TPSA) is 105 Å². The van der Waals surface area contributed by atoms with Crippen LogP contribution < -0.4 is 5.32 Å². The van der Waals surface area contributed by atoms with Gasteiger partial charge in [0.05, 0.1) is 0 Å². The lowest BCUT2D eigenvalue weighted by atomic mass is 9.87. The first kappa shape index (κ1) is 33.7. The quantitative estimate of drug-likeness (QED) is 0.122. The molecule has 0 spiro atoms. The van der Waals surface area contributed by atoms with Gasteiger partial charge >= 0.3 is 6.09 Å². The van der Waals surface area contributed by atoms with E-state index in [4.69, 9.17) is 24.3 Å². The maximum absolute atomic E-state index is 15.4. The van der Waals surface area contributed by atoms with Gasteiger partial charge in [0, 0.05) is 40.6 Å². The third-order valence-corrected chi connectivity index (χ3v) is 12.1. The number of anilines is 1. The van der Waals surface area contributed by atoms with E-state index in [9.17, 15) is 4.79 Å².